The number of methoxy groups -OCH3 is 1. The Morgan fingerprint density at radius 2 is 2.30 bits per heavy atom. The molecule has 20 heavy (non-hydrogen) atoms. The molecule has 2 rings (SSSR count). The first-order chi connectivity index (χ1) is 9.56. The van der Waals surface area contributed by atoms with E-state index in [9.17, 15) is 14.7 Å². The quantitative estimate of drug-likeness (QED) is 0.638. The smallest absolute Gasteiger partial charge is 0.330 e. The molecular formula is C12H13N3O5. The molecule has 3 N–H and O–H groups in total. The van der Waals surface area contributed by atoms with Gasteiger partial charge in [-0.2, -0.15) is 0 Å². The van der Waals surface area contributed by atoms with Crippen LogP contribution in [-0.2, 0) is 9.53 Å². The van der Waals surface area contributed by atoms with Gasteiger partial charge >= 0.3 is 5.97 Å². The number of ether oxygens (including phenoxy) is 1. The molecule has 1 atom stereocenters. The SMILES string of the molecule is COC(=O)[C@H](CO)NC(=O)c1cn2cccc(O)c2n1. The van der Waals surface area contributed by atoms with Crippen molar-refractivity contribution < 1.29 is 24.5 Å². The summed E-state index contributed by atoms with van der Waals surface area (Å²) in [5, 5.41) is 20.9. The first-order valence-electron chi connectivity index (χ1n) is 5.73. The molecule has 0 aromatic carbocycles. The Bertz CT molecular complexity index is 652. The lowest BCUT2D eigenvalue weighted by Crippen LogP contribution is -2.44. The Labute approximate surface area is 113 Å². The van der Waals surface area contributed by atoms with E-state index in [0.717, 1.165) is 7.11 Å². The van der Waals surface area contributed by atoms with Crippen LogP contribution < -0.4 is 5.32 Å². The van der Waals surface area contributed by atoms with Gasteiger partial charge in [0.05, 0.1) is 13.7 Å². The van der Waals surface area contributed by atoms with Gasteiger partial charge in [0, 0.05) is 12.4 Å². The van der Waals surface area contributed by atoms with E-state index in [1.807, 2.05) is 0 Å². The summed E-state index contributed by atoms with van der Waals surface area (Å²) in [6.07, 6.45) is 3.01. The molecule has 0 fully saturated rings. The standard InChI is InChI=1S/C12H13N3O5/c1-20-12(19)8(6-16)14-11(18)7-5-15-4-2-3-9(17)10(15)13-7/h2-5,8,16-17H,6H2,1H3,(H,14,18)/t8-/m0/s1. The molecular weight excluding hydrogens is 266 g/mol. The molecule has 0 unspecified atom stereocenters. The molecule has 0 bridgehead atoms. The Kier molecular flexibility index (Phi) is 3.85. The van der Waals surface area contributed by atoms with E-state index in [0.29, 0.717) is 0 Å². The molecule has 8 nitrogen and oxygen atoms in total. The number of aliphatic hydroxyl groups is 1. The highest BCUT2D eigenvalue weighted by Gasteiger charge is 2.22. The van der Waals surface area contributed by atoms with Crippen LogP contribution >= 0.6 is 0 Å². The molecule has 0 saturated carbocycles. The summed E-state index contributed by atoms with van der Waals surface area (Å²) in [6.45, 7) is -0.586. The van der Waals surface area contributed by atoms with Gasteiger partial charge in [-0.25, -0.2) is 9.78 Å². The minimum Gasteiger partial charge on any atom is -0.504 e. The second-order valence-corrected chi connectivity index (χ2v) is 3.98. The lowest BCUT2D eigenvalue weighted by Gasteiger charge is -2.12. The van der Waals surface area contributed by atoms with Crippen molar-refractivity contribution in [1.82, 2.24) is 14.7 Å². The number of esters is 1. The molecule has 0 radical (unpaired) electrons. The Balaban J connectivity index is 2.23. The van der Waals surface area contributed by atoms with Gasteiger partial charge in [0.1, 0.15) is 5.69 Å². The summed E-state index contributed by atoms with van der Waals surface area (Å²) in [7, 11) is 1.15. The van der Waals surface area contributed by atoms with E-state index in [1.54, 1.807) is 12.3 Å². The van der Waals surface area contributed by atoms with Crippen LogP contribution in [0.5, 0.6) is 5.75 Å². The Hall–Kier alpha value is -2.61. The molecule has 1 amide bonds. The van der Waals surface area contributed by atoms with Gasteiger partial charge in [0.15, 0.2) is 17.4 Å². The summed E-state index contributed by atoms with van der Waals surface area (Å²) >= 11 is 0. The summed E-state index contributed by atoms with van der Waals surface area (Å²) < 4.78 is 5.91. The van der Waals surface area contributed by atoms with Crippen LogP contribution in [0.3, 0.4) is 0 Å². The number of amides is 1. The highest BCUT2D eigenvalue weighted by atomic mass is 16.5. The molecule has 0 saturated heterocycles. The minimum atomic E-state index is -1.16. The summed E-state index contributed by atoms with van der Waals surface area (Å²) in [6, 6.07) is 1.87. The average Bonchev–Trinajstić information content (AvgIpc) is 2.89. The van der Waals surface area contributed by atoms with Crippen molar-refractivity contribution in [2.45, 2.75) is 6.04 Å². The first-order valence-corrected chi connectivity index (χ1v) is 5.73. The molecule has 0 aliphatic rings. The van der Waals surface area contributed by atoms with Crippen molar-refractivity contribution >= 4 is 17.5 Å². The molecule has 2 aromatic rings. The summed E-state index contributed by atoms with van der Waals surface area (Å²) in [5.74, 6) is -1.48. The van der Waals surface area contributed by atoms with E-state index in [2.05, 4.69) is 15.0 Å². The third-order valence-electron chi connectivity index (χ3n) is 2.67. The van der Waals surface area contributed by atoms with Crippen molar-refractivity contribution in [3.05, 3.63) is 30.2 Å². The number of rotatable bonds is 4. The molecule has 2 aromatic heterocycles. The molecule has 0 aliphatic heterocycles. The van der Waals surface area contributed by atoms with Crippen molar-refractivity contribution in [2.24, 2.45) is 0 Å². The number of hydrogen-bond acceptors (Lipinski definition) is 6. The number of aliphatic hydroxyl groups excluding tert-OH is 1. The fraction of sp³-hybridized carbons (Fsp3) is 0.250. The number of imidazole rings is 1. The van der Waals surface area contributed by atoms with Crippen molar-refractivity contribution in [1.29, 1.82) is 0 Å². The topological polar surface area (TPSA) is 113 Å². The Morgan fingerprint density at radius 1 is 1.55 bits per heavy atom. The Morgan fingerprint density at radius 3 is 2.90 bits per heavy atom. The number of aromatic nitrogens is 2. The summed E-state index contributed by atoms with van der Waals surface area (Å²) in [5.41, 5.74) is 0.227. The predicted octanol–water partition coefficient (Wildman–Crippen LogP) is -0.696. The largest absolute Gasteiger partial charge is 0.504 e. The fourth-order valence-corrected chi connectivity index (χ4v) is 1.66. The van der Waals surface area contributed by atoms with Crippen LogP contribution in [0.25, 0.3) is 5.65 Å². The summed E-state index contributed by atoms with van der Waals surface area (Å²) in [4.78, 5) is 27.2. The number of aromatic hydroxyl groups is 1. The molecule has 0 spiro atoms. The van der Waals surface area contributed by atoms with Gasteiger partial charge in [0.25, 0.3) is 5.91 Å². The third kappa shape index (κ3) is 2.54. The predicted molar refractivity (Wildman–Crippen MR) is 67.2 cm³/mol. The van der Waals surface area contributed by atoms with Crippen molar-refractivity contribution in [2.75, 3.05) is 13.7 Å². The van der Waals surface area contributed by atoms with Crippen molar-refractivity contribution in [3.8, 4) is 5.75 Å². The van der Waals surface area contributed by atoms with Crippen LogP contribution in [-0.4, -0.2) is 51.2 Å². The maximum absolute atomic E-state index is 11.9. The highest BCUT2D eigenvalue weighted by Crippen LogP contribution is 2.16. The van der Waals surface area contributed by atoms with Gasteiger partial charge in [-0.3, -0.25) is 4.79 Å². The van der Waals surface area contributed by atoms with Crippen LogP contribution in [0.15, 0.2) is 24.5 Å². The van der Waals surface area contributed by atoms with Crippen LogP contribution in [0.1, 0.15) is 10.5 Å². The van der Waals surface area contributed by atoms with Crippen molar-refractivity contribution in [3.63, 3.8) is 0 Å². The van der Waals surface area contributed by atoms with Crippen LogP contribution in [0.4, 0.5) is 0 Å². The van der Waals surface area contributed by atoms with E-state index in [1.165, 1.54) is 16.7 Å². The molecule has 2 heterocycles. The number of nitrogens with one attached hydrogen (secondary N) is 1. The van der Waals surface area contributed by atoms with Gasteiger partial charge in [-0.05, 0) is 12.1 Å². The zero-order valence-corrected chi connectivity index (χ0v) is 10.6. The number of fused-ring (bicyclic) bond motifs is 1. The number of nitrogens with zero attached hydrogens (tertiary/aromatic N) is 2. The van der Waals surface area contributed by atoms with Gasteiger partial charge in [0.2, 0.25) is 0 Å². The van der Waals surface area contributed by atoms with E-state index >= 15 is 0 Å². The van der Waals surface area contributed by atoms with Gasteiger partial charge in [-0.1, -0.05) is 0 Å². The second-order valence-electron chi connectivity index (χ2n) is 3.98. The number of hydrogen-bond donors (Lipinski definition) is 3. The van der Waals surface area contributed by atoms with Crippen LogP contribution in [0.2, 0.25) is 0 Å². The monoisotopic (exact) mass is 279 g/mol. The highest BCUT2D eigenvalue weighted by molar-refractivity contribution is 5.95. The molecule has 8 heteroatoms. The van der Waals surface area contributed by atoms with E-state index in [-0.39, 0.29) is 17.1 Å². The average molecular weight is 279 g/mol. The zero-order chi connectivity index (χ0) is 14.7. The van der Waals surface area contributed by atoms with Gasteiger partial charge in [-0.15, -0.1) is 0 Å². The number of carbonyl (C=O) groups is 2. The molecule has 0 aliphatic carbocycles. The van der Waals surface area contributed by atoms with E-state index in [4.69, 9.17) is 5.11 Å². The zero-order valence-electron chi connectivity index (χ0n) is 10.6. The number of pyridine rings is 1. The molecule has 106 valence electrons. The maximum atomic E-state index is 11.9. The van der Waals surface area contributed by atoms with Gasteiger partial charge < -0.3 is 24.7 Å². The van der Waals surface area contributed by atoms with E-state index < -0.39 is 24.5 Å². The second kappa shape index (κ2) is 5.57. The number of carbonyl (C=O) groups excluding carboxylic acids is 2. The third-order valence-corrected chi connectivity index (χ3v) is 2.67. The lowest BCUT2D eigenvalue weighted by molar-refractivity contribution is -0.143. The first kappa shape index (κ1) is 13.8. The minimum absolute atomic E-state index is 0.00820. The fourth-order valence-electron chi connectivity index (χ4n) is 1.66. The van der Waals surface area contributed by atoms with Crippen LogP contribution in [0, 0.1) is 0 Å². The lowest BCUT2D eigenvalue weighted by atomic mass is 10.3. The maximum Gasteiger partial charge on any atom is 0.330 e. The normalized spacial score (nSPS) is 12.1.